The zero-order chi connectivity index (χ0) is 19.4. The first-order valence-electron chi connectivity index (χ1n) is 8.67. The summed E-state index contributed by atoms with van der Waals surface area (Å²) in [7, 11) is 1.57. The number of hydrogen-bond donors (Lipinski definition) is 1. The number of benzene rings is 1. The monoisotopic (exact) mass is 400 g/mol. The maximum atomic E-state index is 12.3. The van der Waals surface area contributed by atoms with Gasteiger partial charge in [-0.1, -0.05) is 25.2 Å². The van der Waals surface area contributed by atoms with Crippen molar-refractivity contribution in [3.8, 4) is 17.6 Å². The zero-order valence-corrected chi connectivity index (χ0v) is 16.8. The highest BCUT2D eigenvalue weighted by molar-refractivity contribution is 7.73. The van der Waals surface area contributed by atoms with Crippen molar-refractivity contribution in [2.45, 2.75) is 26.2 Å². The van der Waals surface area contributed by atoms with Crippen LogP contribution in [0.2, 0.25) is 0 Å². The Balaban J connectivity index is 1.75. The van der Waals surface area contributed by atoms with Crippen molar-refractivity contribution in [1.82, 2.24) is 0 Å². The van der Waals surface area contributed by atoms with E-state index in [1.165, 1.54) is 11.3 Å². The number of hydrogen-bond acceptors (Lipinski definition) is 6. The lowest BCUT2D eigenvalue weighted by Crippen LogP contribution is -2.21. The van der Waals surface area contributed by atoms with Gasteiger partial charge in [0.1, 0.15) is 22.6 Å². The number of methoxy groups -OCH3 is 1. The van der Waals surface area contributed by atoms with E-state index in [4.69, 9.17) is 21.7 Å². The Bertz CT molecular complexity index is 963. The molecule has 5 nitrogen and oxygen atoms in total. The lowest BCUT2D eigenvalue weighted by atomic mass is 9.85. The maximum Gasteiger partial charge on any atom is 0.262 e. The molecule has 1 N–H and O–H groups in total. The van der Waals surface area contributed by atoms with E-state index in [1.807, 2.05) is 0 Å². The normalized spacial score (nSPS) is 15.4. The van der Waals surface area contributed by atoms with E-state index in [0.29, 0.717) is 28.0 Å². The van der Waals surface area contributed by atoms with Crippen molar-refractivity contribution in [3.63, 3.8) is 0 Å². The molecule has 1 aliphatic rings. The van der Waals surface area contributed by atoms with Gasteiger partial charge in [-0.3, -0.25) is 4.79 Å². The lowest BCUT2D eigenvalue weighted by Gasteiger charge is -2.23. The molecule has 0 saturated heterocycles. The minimum absolute atomic E-state index is 0.161. The quantitative estimate of drug-likeness (QED) is 0.748. The molecule has 0 bridgehead atoms. The average molecular weight is 401 g/mol. The fraction of sp³-hybridized carbons (Fsp3) is 0.350. The Kier molecular flexibility index (Phi) is 6.09. The molecule has 0 fully saturated rings. The van der Waals surface area contributed by atoms with Crippen LogP contribution in [0.15, 0.2) is 24.3 Å². The molecule has 2 aromatic rings. The third-order valence-electron chi connectivity index (χ3n) is 4.55. The van der Waals surface area contributed by atoms with E-state index in [0.717, 1.165) is 34.2 Å². The minimum Gasteiger partial charge on any atom is -0.497 e. The fourth-order valence-electron chi connectivity index (χ4n) is 3.15. The van der Waals surface area contributed by atoms with Gasteiger partial charge in [0.25, 0.3) is 5.91 Å². The molecule has 0 spiro atoms. The van der Waals surface area contributed by atoms with Gasteiger partial charge in [-0.05, 0) is 48.4 Å². The number of carbonyl (C=O) groups is 1. The second kappa shape index (κ2) is 8.51. The highest BCUT2D eigenvalue weighted by atomic mass is 32.1. The average Bonchev–Trinajstić information content (AvgIpc) is 2.67. The molecule has 1 unspecified atom stereocenters. The third-order valence-corrected chi connectivity index (χ3v) is 5.99. The standard InChI is InChI=1S/C20H20N2O3S2/c1-12-6-7-15-16(8-12)20(26)27-19(17(15)10-21)22-18(23)11-25-14-5-3-4-13(9-14)24-2/h3-5,9,12H,6-8,11H2,1-2H3,(H,22,23). The van der Waals surface area contributed by atoms with Gasteiger partial charge in [-0.2, -0.15) is 5.26 Å². The first-order valence-corrected chi connectivity index (χ1v) is 9.90. The Hall–Kier alpha value is -2.43. The molecule has 3 rings (SSSR count). The molecule has 0 aliphatic heterocycles. The summed E-state index contributed by atoms with van der Waals surface area (Å²) < 4.78 is 11.4. The molecule has 1 heterocycles. The second-order valence-corrected chi connectivity index (χ2v) is 8.21. The van der Waals surface area contributed by atoms with E-state index in [1.54, 1.807) is 31.4 Å². The molecular weight excluding hydrogens is 380 g/mol. The van der Waals surface area contributed by atoms with Crippen molar-refractivity contribution < 1.29 is 14.3 Å². The summed E-state index contributed by atoms with van der Waals surface area (Å²) in [4.78, 5) is 12.3. The van der Waals surface area contributed by atoms with E-state index in [2.05, 4.69) is 18.3 Å². The molecule has 27 heavy (non-hydrogen) atoms. The summed E-state index contributed by atoms with van der Waals surface area (Å²) in [6.45, 7) is 2.03. The Morgan fingerprint density at radius 1 is 1.41 bits per heavy atom. The summed E-state index contributed by atoms with van der Waals surface area (Å²) in [6, 6.07) is 9.30. The molecule has 7 heteroatoms. The molecule has 140 valence electrons. The number of amides is 1. The number of rotatable bonds is 5. The van der Waals surface area contributed by atoms with Crippen LogP contribution in [0.3, 0.4) is 0 Å². The van der Waals surface area contributed by atoms with E-state index in [9.17, 15) is 10.1 Å². The Morgan fingerprint density at radius 3 is 2.93 bits per heavy atom. The van der Waals surface area contributed by atoms with E-state index < -0.39 is 0 Å². The molecular formula is C20H20N2O3S2. The third kappa shape index (κ3) is 4.46. The van der Waals surface area contributed by atoms with E-state index in [-0.39, 0.29) is 12.5 Å². The first-order chi connectivity index (χ1) is 13.0. The van der Waals surface area contributed by atoms with Crippen LogP contribution in [0.25, 0.3) is 0 Å². The van der Waals surface area contributed by atoms with Gasteiger partial charge in [0.05, 0.1) is 16.5 Å². The molecule has 1 aromatic carbocycles. The number of nitrogens with zero attached hydrogens (tertiary/aromatic N) is 1. The van der Waals surface area contributed by atoms with Crippen LogP contribution < -0.4 is 14.8 Å². The number of ether oxygens (including phenoxy) is 2. The number of nitriles is 1. The van der Waals surface area contributed by atoms with Crippen molar-refractivity contribution >= 4 is 34.5 Å². The molecule has 1 aliphatic carbocycles. The van der Waals surface area contributed by atoms with Crippen LogP contribution in [-0.4, -0.2) is 19.6 Å². The van der Waals surface area contributed by atoms with Gasteiger partial charge in [-0.25, -0.2) is 0 Å². The van der Waals surface area contributed by atoms with Crippen LogP contribution in [0.5, 0.6) is 11.5 Å². The lowest BCUT2D eigenvalue weighted by molar-refractivity contribution is -0.118. The van der Waals surface area contributed by atoms with Gasteiger partial charge in [0, 0.05) is 6.07 Å². The maximum absolute atomic E-state index is 12.3. The smallest absolute Gasteiger partial charge is 0.262 e. The molecule has 1 atom stereocenters. The summed E-state index contributed by atoms with van der Waals surface area (Å²) in [5.74, 6) is 1.43. The number of carbonyl (C=O) groups excluding carboxylic acids is 1. The molecule has 1 aromatic heterocycles. The molecule has 0 saturated carbocycles. The van der Waals surface area contributed by atoms with Gasteiger partial charge >= 0.3 is 0 Å². The minimum atomic E-state index is -0.330. The highest BCUT2D eigenvalue weighted by Crippen LogP contribution is 2.35. The molecule has 1 amide bonds. The van der Waals surface area contributed by atoms with Crippen molar-refractivity contribution in [1.29, 1.82) is 5.26 Å². The summed E-state index contributed by atoms with van der Waals surface area (Å²) >= 11 is 6.81. The van der Waals surface area contributed by atoms with Crippen LogP contribution in [0.4, 0.5) is 5.00 Å². The number of fused-ring (bicyclic) bond motifs is 1. The highest BCUT2D eigenvalue weighted by Gasteiger charge is 2.23. The van der Waals surface area contributed by atoms with Crippen molar-refractivity contribution in [2.75, 3.05) is 19.0 Å². The van der Waals surface area contributed by atoms with Crippen LogP contribution in [-0.2, 0) is 17.6 Å². The van der Waals surface area contributed by atoms with Crippen molar-refractivity contribution in [3.05, 3.63) is 44.8 Å². The summed E-state index contributed by atoms with van der Waals surface area (Å²) in [5.41, 5.74) is 2.62. The summed E-state index contributed by atoms with van der Waals surface area (Å²) in [6.07, 6.45) is 2.74. The predicted octanol–water partition coefficient (Wildman–Crippen LogP) is 4.50. The fourth-order valence-corrected chi connectivity index (χ4v) is 4.56. The predicted molar refractivity (Wildman–Crippen MR) is 108 cm³/mol. The largest absolute Gasteiger partial charge is 0.497 e. The van der Waals surface area contributed by atoms with E-state index >= 15 is 0 Å². The Morgan fingerprint density at radius 2 is 2.19 bits per heavy atom. The van der Waals surface area contributed by atoms with Gasteiger partial charge < -0.3 is 14.8 Å². The van der Waals surface area contributed by atoms with Crippen molar-refractivity contribution in [2.24, 2.45) is 5.92 Å². The topological polar surface area (TPSA) is 71.3 Å². The van der Waals surface area contributed by atoms with Crippen LogP contribution in [0, 0.1) is 21.1 Å². The molecule has 0 radical (unpaired) electrons. The zero-order valence-electron chi connectivity index (χ0n) is 15.2. The first kappa shape index (κ1) is 19.3. The number of nitrogens with one attached hydrogen (secondary N) is 1. The van der Waals surface area contributed by atoms with Gasteiger partial charge in [-0.15, -0.1) is 11.3 Å². The van der Waals surface area contributed by atoms with Gasteiger partial charge in [0.15, 0.2) is 6.61 Å². The second-order valence-electron chi connectivity index (χ2n) is 6.53. The Labute approximate surface area is 167 Å². The SMILES string of the molecule is COc1cccc(OCC(=O)Nc2sc(=S)c3c(c2C#N)CCC(C)C3)c1. The van der Waals surface area contributed by atoms with Crippen LogP contribution in [0.1, 0.15) is 30.0 Å². The van der Waals surface area contributed by atoms with Gasteiger partial charge in [0.2, 0.25) is 0 Å². The number of anilines is 1. The summed E-state index contributed by atoms with van der Waals surface area (Å²) in [5, 5.41) is 12.9. The van der Waals surface area contributed by atoms with Crippen LogP contribution >= 0.6 is 23.6 Å².